The molecule has 0 saturated carbocycles. The first-order valence-corrected chi connectivity index (χ1v) is 7.09. The van der Waals surface area contributed by atoms with Crippen LogP contribution in [0.3, 0.4) is 0 Å². The van der Waals surface area contributed by atoms with E-state index in [0.717, 1.165) is 25.8 Å². The number of aliphatic hydroxyl groups excluding tert-OH is 1. The maximum atomic E-state index is 12.0. The molecule has 0 radical (unpaired) electrons. The third-order valence-electron chi connectivity index (χ3n) is 3.57. The topological polar surface area (TPSA) is 40.5 Å². The molecular weight excluding hydrogens is 214 g/mol. The highest BCUT2D eigenvalue weighted by molar-refractivity contribution is 5.76. The maximum Gasteiger partial charge on any atom is 0.222 e. The summed E-state index contributed by atoms with van der Waals surface area (Å²) < 4.78 is 0. The van der Waals surface area contributed by atoms with E-state index in [0.29, 0.717) is 18.9 Å². The third-order valence-corrected chi connectivity index (χ3v) is 3.57. The molecule has 2 atom stereocenters. The minimum absolute atomic E-state index is 0.229. The average molecular weight is 241 g/mol. The molecule has 1 aliphatic rings. The van der Waals surface area contributed by atoms with Gasteiger partial charge in [0.1, 0.15) is 0 Å². The Morgan fingerprint density at radius 2 is 2.24 bits per heavy atom. The SMILES string of the molecule is CCCCCC(C)CC(=O)N1CCCC(O)C1. The lowest BCUT2D eigenvalue weighted by molar-refractivity contribution is -0.135. The lowest BCUT2D eigenvalue weighted by Gasteiger charge is -2.31. The van der Waals surface area contributed by atoms with Crippen molar-refractivity contribution in [2.45, 2.75) is 64.9 Å². The monoisotopic (exact) mass is 241 g/mol. The predicted molar refractivity (Wildman–Crippen MR) is 69.7 cm³/mol. The molecule has 17 heavy (non-hydrogen) atoms. The van der Waals surface area contributed by atoms with Gasteiger partial charge in [0.25, 0.3) is 0 Å². The fraction of sp³-hybridized carbons (Fsp3) is 0.929. The molecule has 0 aromatic heterocycles. The van der Waals surface area contributed by atoms with Crippen LogP contribution < -0.4 is 0 Å². The van der Waals surface area contributed by atoms with Crippen LogP contribution in [0.1, 0.15) is 58.8 Å². The Morgan fingerprint density at radius 3 is 2.88 bits per heavy atom. The highest BCUT2D eigenvalue weighted by Gasteiger charge is 2.22. The summed E-state index contributed by atoms with van der Waals surface area (Å²) in [6, 6.07) is 0. The van der Waals surface area contributed by atoms with Gasteiger partial charge in [-0.05, 0) is 18.8 Å². The molecule has 2 unspecified atom stereocenters. The lowest BCUT2D eigenvalue weighted by atomic mass is 9.98. The molecule has 0 aromatic carbocycles. The summed E-state index contributed by atoms with van der Waals surface area (Å²) in [6.45, 7) is 5.73. The van der Waals surface area contributed by atoms with E-state index in [1.54, 1.807) is 0 Å². The number of aliphatic hydroxyl groups is 1. The fourth-order valence-corrected chi connectivity index (χ4v) is 2.45. The summed E-state index contributed by atoms with van der Waals surface area (Å²) in [7, 11) is 0. The van der Waals surface area contributed by atoms with E-state index in [4.69, 9.17) is 0 Å². The molecule has 1 N–H and O–H groups in total. The molecule has 1 heterocycles. The van der Waals surface area contributed by atoms with Crippen molar-refractivity contribution in [1.29, 1.82) is 0 Å². The number of hydrogen-bond acceptors (Lipinski definition) is 2. The summed E-state index contributed by atoms with van der Waals surface area (Å²) in [6.07, 6.45) is 7.01. The minimum Gasteiger partial charge on any atom is -0.391 e. The number of β-amino-alcohol motifs (C(OH)–C–C–N with tert-alkyl or cyclic N) is 1. The number of hydrogen-bond donors (Lipinski definition) is 1. The van der Waals surface area contributed by atoms with Crippen molar-refractivity contribution < 1.29 is 9.90 Å². The summed E-state index contributed by atoms with van der Waals surface area (Å²) in [5, 5.41) is 9.54. The first-order chi connectivity index (χ1) is 8.13. The number of rotatable bonds is 6. The third kappa shape index (κ3) is 5.53. The second-order valence-electron chi connectivity index (χ2n) is 5.44. The molecule has 1 rings (SSSR count). The van der Waals surface area contributed by atoms with Crippen molar-refractivity contribution in [3.05, 3.63) is 0 Å². The largest absolute Gasteiger partial charge is 0.391 e. The van der Waals surface area contributed by atoms with Gasteiger partial charge in [0.15, 0.2) is 0 Å². The van der Waals surface area contributed by atoms with Crippen molar-refractivity contribution >= 4 is 5.91 Å². The van der Waals surface area contributed by atoms with Gasteiger partial charge in [0.2, 0.25) is 5.91 Å². The number of nitrogens with zero attached hydrogens (tertiary/aromatic N) is 1. The van der Waals surface area contributed by atoms with Gasteiger partial charge >= 0.3 is 0 Å². The van der Waals surface area contributed by atoms with E-state index in [9.17, 15) is 9.90 Å². The molecule has 0 aliphatic carbocycles. The van der Waals surface area contributed by atoms with Gasteiger partial charge in [-0.3, -0.25) is 4.79 Å². The molecule has 1 fully saturated rings. The molecule has 0 bridgehead atoms. The van der Waals surface area contributed by atoms with E-state index < -0.39 is 0 Å². The molecule has 3 nitrogen and oxygen atoms in total. The van der Waals surface area contributed by atoms with Gasteiger partial charge in [-0.15, -0.1) is 0 Å². The highest BCUT2D eigenvalue weighted by atomic mass is 16.3. The number of unbranched alkanes of at least 4 members (excludes halogenated alkanes) is 2. The second-order valence-corrected chi connectivity index (χ2v) is 5.44. The van der Waals surface area contributed by atoms with Crippen LogP contribution in [0.15, 0.2) is 0 Å². The van der Waals surface area contributed by atoms with Crippen LogP contribution in [-0.2, 0) is 4.79 Å². The Kier molecular flexibility index (Phi) is 6.56. The van der Waals surface area contributed by atoms with Crippen molar-refractivity contribution in [2.75, 3.05) is 13.1 Å². The standard InChI is InChI=1S/C14H27NO2/c1-3-4-5-7-12(2)10-14(17)15-9-6-8-13(16)11-15/h12-13,16H,3-11H2,1-2H3. The van der Waals surface area contributed by atoms with Gasteiger partial charge in [-0.25, -0.2) is 0 Å². The van der Waals surface area contributed by atoms with Gasteiger partial charge in [-0.2, -0.15) is 0 Å². The van der Waals surface area contributed by atoms with Crippen molar-refractivity contribution in [3.8, 4) is 0 Å². The lowest BCUT2D eigenvalue weighted by Crippen LogP contribution is -2.42. The van der Waals surface area contributed by atoms with Crippen LogP contribution in [0, 0.1) is 5.92 Å². The van der Waals surface area contributed by atoms with Crippen molar-refractivity contribution in [3.63, 3.8) is 0 Å². The summed E-state index contributed by atoms with van der Waals surface area (Å²) in [4.78, 5) is 13.8. The first kappa shape index (κ1) is 14.5. The smallest absolute Gasteiger partial charge is 0.222 e. The summed E-state index contributed by atoms with van der Waals surface area (Å²) in [5.41, 5.74) is 0. The number of carbonyl (C=O) groups excluding carboxylic acids is 1. The van der Waals surface area contributed by atoms with E-state index in [-0.39, 0.29) is 12.0 Å². The number of piperidine rings is 1. The van der Waals surface area contributed by atoms with Crippen LogP contribution in [0.25, 0.3) is 0 Å². The molecule has 3 heteroatoms. The highest BCUT2D eigenvalue weighted by Crippen LogP contribution is 2.17. The Hall–Kier alpha value is -0.570. The molecule has 100 valence electrons. The van der Waals surface area contributed by atoms with E-state index >= 15 is 0 Å². The molecule has 1 saturated heterocycles. The van der Waals surface area contributed by atoms with Crippen molar-refractivity contribution in [1.82, 2.24) is 4.90 Å². The zero-order valence-corrected chi connectivity index (χ0v) is 11.3. The molecule has 0 spiro atoms. The average Bonchev–Trinajstić information content (AvgIpc) is 2.29. The number of carbonyl (C=O) groups is 1. The molecule has 1 aliphatic heterocycles. The fourth-order valence-electron chi connectivity index (χ4n) is 2.45. The summed E-state index contributed by atoms with van der Waals surface area (Å²) >= 11 is 0. The zero-order chi connectivity index (χ0) is 12.7. The normalized spacial score (nSPS) is 22.5. The summed E-state index contributed by atoms with van der Waals surface area (Å²) in [5.74, 6) is 0.709. The van der Waals surface area contributed by atoms with Gasteiger partial charge in [-0.1, -0.05) is 39.5 Å². The Morgan fingerprint density at radius 1 is 1.47 bits per heavy atom. The molecule has 0 aromatic rings. The Labute approximate surface area is 105 Å². The molecule has 1 amide bonds. The minimum atomic E-state index is -0.303. The predicted octanol–water partition coefficient (Wildman–Crippen LogP) is 2.58. The molecular formula is C14H27NO2. The van der Waals surface area contributed by atoms with E-state index in [2.05, 4.69) is 13.8 Å². The van der Waals surface area contributed by atoms with Crippen LogP contribution >= 0.6 is 0 Å². The number of likely N-dealkylation sites (tertiary alicyclic amines) is 1. The quantitative estimate of drug-likeness (QED) is 0.726. The van der Waals surface area contributed by atoms with Crippen LogP contribution in [0.2, 0.25) is 0 Å². The second kappa shape index (κ2) is 7.70. The Bertz CT molecular complexity index is 230. The van der Waals surface area contributed by atoms with E-state index in [1.807, 2.05) is 4.90 Å². The van der Waals surface area contributed by atoms with Crippen molar-refractivity contribution in [2.24, 2.45) is 5.92 Å². The van der Waals surface area contributed by atoms with Gasteiger partial charge in [0, 0.05) is 19.5 Å². The van der Waals surface area contributed by atoms with E-state index in [1.165, 1.54) is 19.3 Å². The van der Waals surface area contributed by atoms with Crippen LogP contribution in [0.5, 0.6) is 0 Å². The maximum absolute atomic E-state index is 12.0. The zero-order valence-electron chi connectivity index (χ0n) is 11.3. The number of amides is 1. The van der Waals surface area contributed by atoms with Gasteiger partial charge in [0.05, 0.1) is 6.10 Å². The Balaban J connectivity index is 2.22. The van der Waals surface area contributed by atoms with Crippen LogP contribution in [0.4, 0.5) is 0 Å². The first-order valence-electron chi connectivity index (χ1n) is 7.09. The van der Waals surface area contributed by atoms with Crippen LogP contribution in [-0.4, -0.2) is 35.1 Å². The van der Waals surface area contributed by atoms with Gasteiger partial charge < -0.3 is 10.0 Å².